The number of amides is 1. The third-order valence-electron chi connectivity index (χ3n) is 1.90. The fourth-order valence-corrected chi connectivity index (χ4v) is 1.80. The van der Waals surface area contributed by atoms with Crippen molar-refractivity contribution in [3.05, 3.63) is 45.0 Å². The number of nitrogens with zero attached hydrogens (tertiary/aromatic N) is 3. The molecule has 2 aromatic rings. The molecular formula is C10H5BrCl2N4O. The molecule has 0 aromatic carbocycles. The maximum absolute atomic E-state index is 11.8. The van der Waals surface area contributed by atoms with Crippen molar-refractivity contribution in [1.29, 1.82) is 0 Å². The Labute approximate surface area is 121 Å². The van der Waals surface area contributed by atoms with Crippen LogP contribution >= 0.6 is 39.1 Å². The summed E-state index contributed by atoms with van der Waals surface area (Å²) in [6, 6.07) is 4.68. The van der Waals surface area contributed by atoms with Crippen LogP contribution in [-0.2, 0) is 0 Å². The van der Waals surface area contributed by atoms with Crippen molar-refractivity contribution >= 4 is 50.9 Å². The summed E-state index contributed by atoms with van der Waals surface area (Å²) in [7, 11) is 0. The number of carbonyl (C=O) groups is 1. The second-order valence-corrected chi connectivity index (χ2v) is 4.71. The molecule has 18 heavy (non-hydrogen) atoms. The molecule has 0 bridgehead atoms. The topological polar surface area (TPSA) is 67.8 Å². The lowest BCUT2D eigenvalue weighted by molar-refractivity contribution is 0.102. The van der Waals surface area contributed by atoms with Crippen molar-refractivity contribution in [3.8, 4) is 0 Å². The normalized spacial score (nSPS) is 10.2. The minimum atomic E-state index is -0.360. The Morgan fingerprint density at radius 2 is 2.06 bits per heavy atom. The lowest BCUT2D eigenvalue weighted by atomic mass is 10.3. The van der Waals surface area contributed by atoms with Crippen LogP contribution in [0.1, 0.15) is 10.4 Å². The van der Waals surface area contributed by atoms with Gasteiger partial charge in [0.05, 0.1) is 5.56 Å². The molecule has 1 amide bonds. The molecule has 0 radical (unpaired) electrons. The first kappa shape index (κ1) is 13.2. The van der Waals surface area contributed by atoms with Crippen LogP contribution in [0, 0.1) is 0 Å². The number of halogens is 3. The lowest BCUT2D eigenvalue weighted by Gasteiger charge is -2.04. The predicted molar refractivity (Wildman–Crippen MR) is 71.9 cm³/mol. The molecule has 0 saturated heterocycles. The van der Waals surface area contributed by atoms with Crippen LogP contribution < -0.4 is 5.32 Å². The van der Waals surface area contributed by atoms with Gasteiger partial charge >= 0.3 is 0 Å². The van der Waals surface area contributed by atoms with E-state index in [4.69, 9.17) is 23.2 Å². The summed E-state index contributed by atoms with van der Waals surface area (Å²) >= 11 is 14.5. The van der Waals surface area contributed by atoms with E-state index in [1.807, 2.05) is 0 Å². The molecule has 0 aliphatic rings. The summed E-state index contributed by atoms with van der Waals surface area (Å²) in [5.41, 5.74) is 0.393. The summed E-state index contributed by atoms with van der Waals surface area (Å²) in [4.78, 5) is 23.3. The van der Waals surface area contributed by atoms with Crippen molar-refractivity contribution in [2.45, 2.75) is 0 Å². The predicted octanol–water partition coefficient (Wildman–Crippen LogP) is 3.19. The van der Waals surface area contributed by atoms with Crippen LogP contribution in [0.5, 0.6) is 0 Å². The number of pyridine rings is 1. The van der Waals surface area contributed by atoms with Gasteiger partial charge in [-0.05, 0) is 39.7 Å². The van der Waals surface area contributed by atoms with Gasteiger partial charge in [-0.3, -0.25) is 4.79 Å². The van der Waals surface area contributed by atoms with E-state index in [1.165, 1.54) is 12.3 Å². The van der Waals surface area contributed by atoms with Gasteiger partial charge in [-0.15, -0.1) is 0 Å². The molecule has 2 aromatic heterocycles. The molecule has 92 valence electrons. The monoisotopic (exact) mass is 346 g/mol. The first-order valence-electron chi connectivity index (χ1n) is 4.67. The Hall–Kier alpha value is -1.24. The number of hydrogen-bond donors (Lipinski definition) is 1. The van der Waals surface area contributed by atoms with Crippen LogP contribution in [0.3, 0.4) is 0 Å². The van der Waals surface area contributed by atoms with E-state index < -0.39 is 0 Å². The van der Waals surface area contributed by atoms with Crippen molar-refractivity contribution in [1.82, 2.24) is 15.0 Å². The molecule has 0 fully saturated rings. The summed E-state index contributed by atoms with van der Waals surface area (Å²) in [5, 5.41) is 2.66. The van der Waals surface area contributed by atoms with Crippen LogP contribution in [0.15, 0.2) is 29.0 Å². The van der Waals surface area contributed by atoms with Crippen molar-refractivity contribution in [2.75, 3.05) is 5.32 Å². The lowest BCUT2D eigenvalue weighted by Crippen LogP contribution is -2.13. The van der Waals surface area contributed by atoms with E-state index in [-0.39, 0.29) is 22.2 Å². The second kappa shape index (κ2) is 5.60. The third-order valence-corrected chi connectivity index (χ3v) is 2.73. The molecule has 2 rings (SSSR count). The first-order chi connectivity index (χ1) is 8.54. The quantitative estimate of drug-likeness (QED) is 0.514. The highest BCUT2D eigenvalue weighted by atomic mass is 79.9. The maximum Gasteiger partial charge on any atom is 0.258 e. The number of anilines is 1. The van der Waals surface area contributed by atoms with E-state index in [0.717, 1.165) is 0 Å². The molecule has 0 unspecified atom stereocenters. The van der Waals surface area contributed by atoms with Crippen molar-refractivity contribution in [2.24, 2.45) is 0 Å². The Bertz CT molecular complexity index is 571. The number of aromatic nitrogens is 3. The molecule has 0 saturated carbocycles. The molecule has 0 spiro atoms. The van der Waals surface area contributed by atoms with Crippen LogP contribution in [-0.4, -0.2) is 20.9 Å². The van der Waals surface area contributed by atoms with E-state index >= 15 is 0 Å². The zero-order valence-electron chi connectivity index (χ0n) is 8.69. The van der Waals surface area contributed by atoms with Gasteiger partial charge < -0.3 is 5.32 Å². The largest absolute Gasteiger partial charge is 0.306 e. The average Bonchev–Trinajstić information content (AvgIpc) is 2.28. The molecule has 0 aliphatic heterocycles. The minimum absolute atomic E-state index is 0.0354. The zero-order valence-corrected chi connectivity index (χ0v) is 11.8. The fraction of sp³-hybridized carbons (Fsp3) is 0. The van der Waals surface area contributed by atoms with Gasteiger partial charge in [0.25, 0.3) is 5.91 Å². The highest BCUT2D eigenvalue weighted by Gasteiger charge is 2.09. The minimum Gasteiger partial charge on any atom is -0.306 e. The Balaban J connectivity index is 2.18. The Kier molecular flexibility index (Phi) is 4.11. The van der Waals surface area contributed by atoms with Gasteiger partial charge in [-0.25, -0.2) is 15.0 Å². The Morgan fingerprint density at radius 1 is 1.28 bits per heavy atom. The highest BCUT2D eigenvalue weighted by Crippen LogP contribution is 2.15. The smallest absolute Gasteiger partial charge is 0.258 e. The molecule has 0 aliphatic carbocycles. The molecule has 2 heterocycles. The molecule has 5 nitrogen and oxygen atoms in total. The van der Waals surface area contributed by atoms with E-state index in [9.17, 15) is 4.79 Å². The van der Waals surface area contributed by atoms with Crippen LogP contribution in [0.4, 0.5) is 5.82 Å². The Morgan fingerprint density at radius 3 is 2.67 bits per heavy atom. The number of hydrogen-bond acceptors (Lipinski definition) is 4. The zero-order chi connectivity index (χ0) is 13.1. The summed E-state index contributed by atoms with van der Waals surface area (Å²) in [6.45, 7) is 0. The van der Waals surface area contributed by atoms with Gasteiger partial charge in [-0.2, -0.15) is 0 Å². The number of rotatable bonds is 2. The van der Waals surface area contributed by atoms with Gasteiger partial charge in [-0.1, -0.05) is 11.6 Å². The average molecular weight is 348 g/mol. The van der Waals surface area contributed by atoms with Crippen molar-refractivity contribution in [3.63, 3.8) is 0 Å². The molecule has 0 atom stereocenters. The maximum atomic E-state index is 11.8. The molecular weight excluding hydrogens is 343 g/mol. The van der Waals surface area contributed by atoms with E-state index in [2.05, 4.69) is 36.2 Å². The third kappa shape index (κ3) is 3.38. The van der Waals surface area contributed by atoms with E-state index in [1.54, 1.807) is 12.1 Å². The first-order valence-corrected chi connectivity index (χ1v) is 6.22. The second-order valence-electron chi connectivity index (χ2n) is 3.17. The van der Waals surface area contributed by atoms with Crippen LogP contribution in [0.25, 0.3) is 0 Å². The highest BCUT2D eigenvalue weighted by molar-refractivity contribution is 9.10. The molecule has 8 heteroatoms. The van der Waals surface area contributed by atoms with Gasteiger partial charge in [0.1, 0.15) is 15.6 Å². The summed E-state index contributed by atoms with van der Waals surface area (Å²) < 4.78 is 0.646. The van der Waals surface area contributed by atoms with Crippen LogP contribution in [0.2, 0.25) is 10.4 Å². The van der Waals surface area contributed by atoms with Gasteiger partial charge in [0.15, 0.2) is 0 Å². The van der Waals surface area contributed by atoms with Crippen molar-refractivity contribution < 1.29 is 4.79 Å². The summed E-state index contributed by atoms with van der Waals surface area (Å²) in [6.07, 6.45) is 1.43. The number of nitrogens with one attached hydrogen (secondary N) is 1. The fourth-order valence-electron chi connectivity index (χ4n) is 1.15. The van der Waals surface area contributed by atoms with Gasteiger partial charge in [0.2, 0.25) is 5.28 Å². The summed E-state index contributed by atoms with van der Waals surface area (Å²) in [5.74, 6) is -0.131. The van der Waals surface area contributed by atoms with E-state index in [0.29, 0.717) is 10.2 Å². The SMILES string of the molecule is O=C(Nc1cc(Cl)nc(Cl)n1)c1ccc(Br)nc1. The molecule has 1 N–H and O–H groups in total. The standard InChI is InChI=1S/C10H5BrCl2N4O/c11-6-2-1-5(4-14-6)9(18)16-8-3-7(12)15-10(13)17-8/h1-4H,(H,15,16,17,18). The van der Waals surface area contributed by atoms with Gasteiger partial charge in [0, 0.05) is 12.3 Å². The number of carbonyl (C=O) groups excluding carboxylic acids is 1.